The van der Waals surface area contributed by atoms with Crippen LogP contribution in [0, 0.1) is 13.8 Å². The van der Waals surface area contributed by atoms with Gasteiger partial charge in [-0.05, 0) is 31.0 Å². The molecule has 0 bridgehead atoms. The average molecular weight is 284 g/mol. The van der Waals surface area contributed by atoms with E-state index in [1.807, 2.05) is 32.0 Å². The second-order valence-corrected chi connectivity index (χ2v) is 5.14. The Morgan fingerprint density at radius 1 is 1.15 bits per heavy atom. The molecule has 0 aliphatic heterocycles. The van der Waals surface area contributed by atoms with Crippen molar-refractivity contribution < 1.29 is 25.0 Å². The molecular weight excluding hydrogens is 258 g/mol. The zero-order valence-electron chi connectivity index (χ0n) is 12.3. The lowest BCUT2D eigenvalue weighted by Gasteiger charge is -2.21. The number of aryl methyl sites for hydroxylation is 2. The number of hydrogen-bond donors (Lipinski definition) is 4. The summed E-state index contributed by atoms with van der Waals surface area (Å²) in [6.07, 6.45) is -0.622. The molecule has 0 spiro atoms. The van der Waals surface area contributed by atoms with Gasteiger partial charge in [-0.2, -0.15) is 0 Å². The summed E-state index contributed by atoms with van der Waals surface area (Å²) in [7, 11) is 0. The molecule has 114 valence electrons. The number of quaternary nitrogens is 1. The van der Waals surface area contributed by atoms with Crippen molar-refractivity contribution in [1.29, 1.82) is 0 Å². The maximum atomic E-state index is 9.99. The molecule has 0 aliphatic rings. The summed E-state index contributed by atoms with van der Waals surface area (Å²) < 4.78 is 5.65. The standard InChI is InChI=1S/C15H25NO4/c1-12-3-4-13(2)15(9-12)20-11-14(19)10-16(5-7-17)6-8-18/h3-4,9,14,17-19H,5-8,10-11H2,1-2H3/p+1/t14-/m1/s1. The fraction of sp³-hybridized carbons (Fsp3) is 0.600. The van der Waals surface area contributed by atoms with Crippen LogP contribution in [-0.2, 0) is 0 Å². The second kappa shape index (κ2) is 8.92. The summed E-state index contributed by atoms with van der Waals surface area (Å²) in [5, 5.41) is 27.9. The van der Waals surface area contributed by atoms with E-state index in [1.54, 1.807) is 0 Å². The first kappa shape index (κ1) is 16.9. The summed E-state index contributed by atoms with van der Waals surface area (Å²) in [5.41, 5.74) is 2.16. The minimum atomic E-state index is -0.622. The Morgan fingerprint density at radius 2 is 1.80 bits per heavy atom. The number of hydrogen-bond acceptors (Lipinski definition) is 4. The molecular formula is C15H26NO4+. The van der Waals surface area contributed by atoms with Gasteiger partial charge in [0.05, 0.1) is 13.2 Å². The highest BCUT2D eigenvalue weighted by atomic mass is 16.5. The minimum absolute atomic E-state index is 0.0416. The lowest BCUT2D eigenvalue weighted by atomic mass is 10.1. The molecule has 0 amide bonds. The molecule has 1 aromatic rings. The topological polar surface area (TPSA) is 74.4 Å². The number of nitrogens with one attached hydrogen (secondary N) is 1. The molecule has 0 saturated heterocycles. The van der Waals surface area contributed by atoms with Crippen molar-refractivity contribution in [2.45, 2.75) is 20.0 Å². The number of rotatable bonds is 9. The smallest absolute Gasteiger partial charge is 0.137 e. The highest BCUT2D eigenvalue weighted by Crippen LogP contribution is 2.18. The SMILES string of the molecule is Cc1ccc(C)c(OC[C@H](O)C[NH+](CCO)CCO)c1. The Balaban J connectivity index is 2.45. The predicted molar refractivity (Wildman–Crippen MR) is 77.2 cm³/mol. The van der Waals surface area contributed by atoms with Crippen LogP contribution in [0.15, 0.2) is 18.2 Å². The van der Waals surface area contributed by atoms with Crippen LogP contribution in [0.5, 0.6) is 5.75 Å². The normalized spacial score (nSPS) is 12.7. The number of aliphatic hydroxyl groups is 3. The molecule has 1 aromatic carbocycles. The molecule has 5 nitrogen and oxygen atoms in total. The van der Waals surface area contributed by atoms with E-state index in [2.05, 4.69) is 0 Å². The first-order chi connectivity index (χ1) is 9.56. The van der Waals surface area contributed by atoms with Crippen molar-refractivity contribution in [3.05, 3.63) is 29.3 Å². The fourth-order valence-electron chi connectivity index (χ4n) is 2.09. The van der Waals surface area contributed by atoms with E-state index in [0.29, 0.717) is 19.6 Å². The van der Waals surface area contributed by atoms with Crippen LogP contribution in [-0.4, -0.2) is 60.9 Å². The van der Waals surface area contributed by atoms with Crippen molar-refractivity contribution in [2.75, 3.05) is 39.5 Å². The van der Waals surface area contributed by atoms with Crippen LogP contribution in [0.25, 0.3) is 0 Å². The second-order valence-electron chi connectivity index (χ2n) is 5.14. The van der Waals surface area contributed by atoms with E-state index in [9.17, 15) is 5.11 Å². The average Bonchev–Trinajstić information content (AvgIpc) is 2.40. The highest BCUT2D eigenvalue weighted by molar-refractivity contribution is 5.35. The van der Waals surface area contributed by atoms with Gasteiger partial charge in [0.1, 0.15) is 38.1 Å². The monoisotopic (exact) mass is 284 g/mol. The van der Waals surface area contributed by atoms with E-state index >= 15 is 0 Å². The molecule has 5 heteroatoms. The summed E-state index contributed by atoms with van der Waals surface area (Å²) in [6.45, 7) is 5.74. The van der Waals surface area contributed by atoms with Gasteiger partial charge in [0.2, 0.25) is 0 Å². The van der Waals surface area contributed by atoms with Crippen LogP contribution >= 0.6 is 0 Å². The van der Waals surface area contributed by atoms with Crippen molar-refractivity contribution in [3.8, 4) is 5.75 Å². The zero-order chi connectivity index (χ0) is 15.0. The van der Waals surface area contributed by atoms with E-state index in [1.165, 1.54) is 0 Å². The number of aliphatic hydroxyl groups excluding tert-OH is 3. The third-order valence-electron chi connectivity index (χ3n) is 3.23. The molecule has 0 heterocycles. The maximum absolute atomic E-state index is 9.99. The molecule has 0 unspecified atom stereocenters. The molecule has 0 aromatic heterocycles. The molecule has 20 heavy (non-hydrogen) atoms. The van der Waals surface area contributed by atoms with E-state index in [0.717, 1.165) is 21.8 Å². The van der Waals surface area contributed by atoms with E-state index < -0.39 is 6.10 Å². The fourth-order valence-corrected chi connectivity index (χ4v) is 2.09. The molecule has 0 radical (unpaired) electrons. The summed E-state index contributed by atoms with van der Waals surface area (Å²) >= 11 is 0. The molecule has 0 saturated carbocycles. The molecule has 0 aliphatic carbocycles. The minimum Gasteiger partial charge on any atom is -0.490 e. The first-order valence-corrected chi connectivity index (χ1v) is 7.00. The Labute approximate surface area is 120 Å². The molecule has 1 rings (SSSR count). The van der Waals surface area contributed by atoms with Gasteiger partial charge >= 0.3 is 0 Å². The summed E-state index contributed by atoms with van der Waals surface area (Å²) in [4.78, 5) is 0.965. The third-order valence-corrected chi connectivity index (χ3v) is 3.23. The Morgan fingerprint density at radius 3 is 2.40 bits per heavy atom. The van der Waals surface area contributed by atoms with E-state index in [-0.39, 0.29) is 19.8 Å². The van der Waals surface area contributed by atoms with Gasteiger partial charge in [0.25, 0.3) is 0 Å². The van der Waals surface area contributed by atoms with Crippen molar-refractivity contribution >= 4 is 0 Å². The van der Waals surface area contributed by atoms with Crippen molar-refractivity contribution in [1.82, 2.24) is 0 Å². The maximum Gasteiger partial charge on any atom is 0.137 e. The lowest BCUT2D eigenvalue weighted by molar-refractivity contribution is -0.903. The van der Waals surface area contributed by atoms with Gasteiger partial charge in [0, 0.05) is 0 Å². The van der Waals surface area contributed by atoms with E-state index in [4.69, 9.17) is 14.9 Å². The van der Waals surface area contributed by atoms with Gasteiger partial charge in [-0.1, -0.05) is 12.1 Å². The number of ether oxygens (including phenoxy) is 1. The third kappa shape index (κ3) is 5.88. The van der Waals surface area contributed by atoms with Gasteiger partial charge in [-0.25, -0.2) is 0 Å². The van der Waals surface area contributed by atoms with Crippen LogP contribution in [0.2, 0.25) is 0 Å². The van der Waals surface area contributed by atoms with Crippen LogP contribution < -0.4 is 9.64 Å². The van der Waals surface area contributed by atoms with Gasteiger partial charge < -0.3 is 25.0 Å². The quantitative estimate of drug-likeness (QED) is 0.465. The Kier molecular flexibility index (Phi) is 7.54. The van der Waals surface area contributed by atoms with Crippen molar-refractivity contribution in [2.24, 2.45) is 0 Å². The summed E-state index contributed by atoms with van der Waals surface area (Å²) in [6, 6.07) is 5.97. The lowest BCUT2D eigenvalue weighted by Crippen LogP contribution is -3.14. The van der Waals surface area contributed by atoms with Gasteiger partial charge in [-0.3, -0.25) is 0 Å². The largest absolute Gasteiger partial charge is 0.490 e. The van der Waals surface area contributed by atoms with Crippen LogP contribution in [0.1, 0.15) is 11.1 Å². The highest BCUT2D eigenvalue weighted by Gasteiger charge is 2.15. The van der Waals surface area contributed by atoms with Crippen LogP contribution in [0.3, 0.4) is 0 Å². The van der Waals surface area contributed by atoms with Gasteiger partial charge in [-0.15, -0.1) is 0 Å². The Hall–Kier alpha value is -1.14. The van der Waals surface area contributed by atoms with Crippen molar-refractivity contribution in [3.63, 3.8) is 0 Å². The molecule has 1 atom stereocenters. The summed E-state index contributed by atoms with van der Waals surface area (Å²) in [5.74, 6) is 0.787. The Bertz CT molecular complexity index is 391. The molecule has 4 N–H and O–H groups in total. The van der Waals surface area contributed by atoms with Crippen LogP contribution in [0.4, 0.5) is 0 Å². The zero-order valence-corrected chi connectivity index (χ0v) is 12.3. The first-order valence-electron chi connectivity index (χ1n) is 7.00. The number of benzene rings is 1. The molecule has 0 fully saturated rings. The predicted octanol–water partition coefficient (Wildman–Crippen LogP) is -1.09. The van der Waals surface area contributed by atoms with Gasteiger partial charge in [0.15, 0.2) is 0 Å².